The van der Waals surface area contributed by atoms with Gasteiger partial charge in [-0.3, -0.25) is 4.79 Å². The number of H-pyrrole nitrogens is 1. The van der Waals surface area contributed by atoms with E-state index in [9.17, 15) is 22.8 Å². The minimum atomic E-state index is -4.66. The van der Waals surface area contributed by atoms with Crippen LogP contribution < -0.4 is 26.9 Å². The predicted molar refractivity (Wildman–Crippen MR) is 132 cm³/mol. The third-order valence-corrected chi connectivity index (χ3v) is 5.18. The molecule has 0 aliphatic carbocycles. The number of amides is 3. The fourth-order valence-corrected chi connectivity index (χ4v) is 3.49. The lowest BCUT2D eigenvalue weighted by molar-refractivity contribution is -0.137. The van der Waals surface area contributed by atoms with E-state index in [1.807, 2.05) is 0 Å². The van der Waals surface area contributed by atoms with Crippen LogP contribution in [-0.4, -0.2) is 16.9 Å². The normalized spacial score (nSPS) is 12.1. The zero-order valence-corrected chi connectivity index (χ0v) is 18.9. The molecule has 35 heavy (non-hydrogen) atoms. The second-order valence-corrected chi connectivity index (χ2v) is 7.67. The third-order valence-electron chi connectivity index (χ3n) is 4.85. The molecule has 0 atom stereocenters. The van der Waals surface area contributed by atoms with Gasteiger partial charge in [0.05, 0.1) is 10.6 Å². The molecule has 0 radical (unpaired) electrons. The molecule has 0 bridgehead atoms. The van der Waals surface area contributed by atoms with Gasteiger partial charge >= 0.3 is 12.2 Å². The van der Waals surface area contributed by atoms with Crippen LogP contribution in [0.4, 0.5) is 29.3 Å². The van der Waals surface area contributed by atoms with E-state index in [1.54, 1.807) is 48.6 Å². The molecule has 0 spiro atoms. The summed E-state index contributed by atoms with van der Waals surface area (Å²) in [6.45, 7) is 7.62. The highest BCUT2D eigenvalue weighted by molar-refractivity contribution is 6.31. The van der Waals surface area contributed by atoms with Crippen molar-refractivity contribution in [1.29, 1.82) is 0 Å². The fraction of sp³-hybridized carbons (Fsp3) is 0.0400. The van der Waals surface area contributed by atoms with E-state index in [4.69, 9.17) is 17.3 Å². The van der Waals surface area contributed by atoms with Crippen molar-refractivity contribution in [2.75, 3.05) is 10.6 Å². The van der Waals surface area contributed by atoms with Crippen LogP contribution in [0.5, 0.6) is 0 Å². The van der Waals surface area contributed by atoms with Crippen molar-refractivity contribution in [3.8, 4) is 11.1 Å². The van der Waals surface area contributed by atoms with Gasteiger partial charge < -0.3 is 21.4 Å². The Morgan fingerprint density at radius 2 is 1.66 bits per heavy atom. The Morgan fingerprint density at radius 3 is 2.26 bits per heavy atom. The van der Waals surface area contributed by atoms with E-state index >= 15 is 0 Å². The Kier molecular flexibility index (Phi) is 7.51. The van der Waals surface area contributed by atoms with Gasteiger partial charge in [0, 0.05) is 27.5 Å². The number of urea groups is 1. The van der Waals surface area contributed by atoms with Crippen molar-refractivity contribution in [2.45, 2.75) is 6.18 Å². The summed E-state index contributed by atoms with van der Waals surface area (Å²) in [6, 6.07) is 8.73. The maximum atomic E-state index is 13.0. The molecule has 0 aliphatic rings. The summed E-state index contributed by atoms with van der Waals surface area (Å²) in [5.41, 5.74) is 6.04. The second kappa shape index (κ2) is 10.4. The smallest absolute Gasteiger partial charge is 0.364 e. The van der Waals surface area contributed by atoms with E-state index in [0.29, 0.717) is 27.4 Å². The zero-order valence-electron chi connectivity index (χ0n) is 18.2. The first-order valence-corrected chi connectivity index (χ1v) is 10.4. The van der Waals surface area contributed by atoms with Gasteiger partial charge in [-0.1, -0.05) is 55.1 Å². The lowest BCUT2D eigenvalue weighted by Gasteiger charge is -2.12. The summed E-state index contributed by atoms with van der Waals surface area (Å²) < 4.78 is 39.1. The Labute approximate surface area is 203 Å². The van der Waals surface area contributed by atoms with Crippen LogP contribution in [0, 0.1) is 0 Å². The predicted octanol–water partition coefficient (Wildman–Crippen LogP) is 5.03. The summed E-state index contributed by atoms with van der Waals surface area (Å²) in [6.07, 6.45) is 2.11. The minimum Gasteiger partial charge on any atom is -0.364 e. The van der Waals surface area contributed by atoms with Crippen LogP contribution in [0.25, 0.3) is 23.8 Å². The van der Waals surface area contributed by atoms with Crippen molar-refractivity contribution >= 4 is 47.6 Å². The Balaban J connectivity index is 1.82. The number of aromatic nitrogens is 1. The molecule has 3 rings (SSSR count). The number of halogens is 4. The number of alkyl halides is 3. The molecular formula is C25H20ClF3N4O2. The van der Waals surface area contributed by atoms with Crippen molar-refractivity contribution in [3.05, 3.63) is 94.1 Å². The largest absolute Gasteiger partial charge is 0.417 e. The van der Waals surface area contributed by atoms with Gasteiger partial charge in [-0.15, -0.1) is 0 Å². The number of nitrogens with two attached hydrogens (primary N) is 1. The summed E-state index contributed by atoms with van der Waals surface area (Å²) in [4.78, 5) is 27.2. The molecule has 6 nitrogen and oxygen atoms in total. The average molecular weight is 501 g/mol. The molecule has 0 saturated carbocycles. The Morgan fingerprint density at radius 1 is 1.03 bits per heavy atom. The van der Waals surface area contributed by atoms with Gasteiger partial charge in [0.1, 0.15) is 5.69 Å². The number of anilines is 2. The van der Waals surface area contributed by atoms with Gasteiger partial charge in [-0.05, 0) is 42.0 Å². The number of hydrogen-bond acceptors (Lipinski definition) is 2. The third kappa shape index (κ3) is 6.01. The molecular weight excluding hydrogens is 481 g/mol. The summed E-state index contributed by atoms with van der Waals surface area (Å²) in [7, 11) is 0. The van der Waals surface area contributed by atoms with Crippen molar-refractivity contribution in [2.24, 2.45) is 5.73 Å². The fourth-order valence-electron chi connectivity index (χ4n) is 3.27. The molecule has 5 N–H and O–H groups in total. The number of carbonyl (C=O) groups is 2. The first-order valence-electron chi connectivity index (χ1n) is 10.1. The molecule has 3 amide bonds. The van der Waals surface area contributed by atoms with Gasteiger partial charge in [0.2, 0.25) is 0 Å². The van der Waals surface area contributed by atoms with Gasteiger partial charge in [0.25, 0.3) is 5.91 Å². The lowest BCUT2D eigenvalue weighted by atomic mass is 10.0. The molecule has 10 heteroatoms. The Hall–Kier alpha value is -4.24. The molecule has 0 fully saturated rings. The quantitative estimate of drug-likeness (QED) is 0.357. The number of nitrogens with one attached hydrogen (secondary N) is 3. The first-order chi connectivity index (χ1) is 16.5. The highest BCUT2D eigenvalue weighted by Crippen LogP contribution is 2.36. The number of carbonyl (C=O) groups excluding carboxylic acids is 2. The Bertz CT molecular complexity index is 1420. The van der Waals surface area contributed by atoms with Crippen molar-refractivity contribution in [3.63, 3.8) is 0 Å². The molecule has 180 valence electrons. The highest BCUT2D eigenvalue weighted by atomic mass is 35.5. The average Bonchev–Trinajstić information content (AvgIpc) is 3.11. The molecule has 2 aromatic carbocycles. The molecule has 0 saturated heterocycles. The summed E-state index contributed by atoms with van der Waals surface area (Å²) in [5, 5.41) is 5.54. The van der Waals surface area contributed by atoms with E-state index in [-0.39, 0.29) is 11.4 Å². The lowest BCUT2D eigenvalue weighted by Crippen LogP contribution is -2.21. The number of allylic oxidation sites excluding steroid dienone is 3. The number of primary amides is 1. The van der Waals surface area contributed by atoms with Gasteiger partial charge in [0.15, 0.2) is 0 Å². The molecule has 0 unspecified atom stereocenters. The van der Waals surface area contributed by atoms with Crippen LogP contribution in [-0.2, 0) is 6.18 Å². The first kappa shape index (κ1) is 25.4. The van der Waals surface area contributed by atoms with Crippen LogP contribution in [0.15, 0.2) is 67.3 Å². The number of hydrogen-bond donors (Lipinski definition) is 4. The SMILES string of the molecule is C=C/C=C\C=c1\[nH]c(C(N)=O)c(-c2ccc(NC(=O)Nc3ccc(Cl)c(C(F)(F)F)c3)cc2)c1=C. The van der Waals surface area contributed by atoms with Gasteiger partial charge in [-0.25, -0.2) is 4.79 Å². The zero-order chi connectivity index (χ0) is 25.8. The van der Waals surface area contributed by atoms with E-state index in [1.165, 1.54) is 6.07 Å². The standard InChI is InChI=1S/C25H20ClF3N4O2/c1-3-4-5-6-20-14(2)21(22(33-20)23(30)34)15-7-9-16(10-8-15)31-24(35)32-17-11-12-19(26)18(13-17)25(27,28)29/h3-13,33H,1-2H2,(H2,30,34)(H2,31,32,35)/b5-4-,20-6+. The topological polar surface area (TPSA) is 100 Å². The highest BCUT2D eigenvalue weighted by Gasteiger charge is 2.33. The van der Waals surface area contributed by atoms with Crippen molar-refractivity contribution in [1.82, 2.24) is 4.98 Å². The maximum Gasteiger partial charge on any atom is 0.417 e. The van der Waals surface area contributed by atoms with Crippen LogP contribution in [0.2, 0.25) is 5.02 Å². The number of benzene rings is 2. The molecule has 1 heterocycles. The van der Waals surface area contributed by atoms with E-state index in [0.717, 1.165) is 12.1 Å². The van der Waals surface area contributed by atoms with Crippen LogP contribution in [0.1, 0.15) is 16.1 Å². The minimum absolute atomic E-state index is 0.0785. The van der Waals surface area contributed by atoms with Gasteiger partial charge in [-0.2, -0.15) is 13.2 Å². The second-order valence-electron chi connectivity index (χ2n) is 7.27. The van der Waals surface area contributed by atoms with E-state index < -0.39 is 28.7 Å². The maximum absolute atomic E-state index is 13.0. The van der Waals surface area contributed by atoms with Crippen molar-refractivity contribution < 1.29 is 22.8 Å². The molecule has 3 aromatic rings. The van der Waals surface area contributed by atoms with Crippen LogP contribution in [0.3, 0.4) is 0 Å². The molecule has 0 aliphatic heterocycles. The van der Waals surface area contributed by atoms with E-state index in [2.05, 4.69) is 28.8 Å². The summed E-state index contributed by atoms with van der Waals surface area (Å²) >= 11 is 5.59. The monoisotopic (exact) mass is 500 g/mol. The number of aromatic amines is 1. The number of rotatable bonds is 6. The van der Waals surface area contributed by atoms with Crippen LogP contribution >= 0.6 is 11.6 Å². The summed E-state index contributed by atoms with van der Waals surface area (Å²) in [5.74, 6) is -0.667. The molecule has 1 aromatic heterocycles.